The maximum atomic E-state index is 13.8. The Morgan fingerprint density at radius 1 is 1.41 bits per heavy atom. The molecule has 4 heteroatoms. The standard InChI is InChI=1S/C13H15FN2O/c1-7-5-9(14)12-10(6-7)16-8(2)3-4-11(17)13(16)15-12/h5-6,8,11,17H,3-4H2,1-2H3. The molecule has 1 aromatic carbocycles. The van der Waals surface area contributed by atoms with E-state index in [0.717, 1.165) is 17.5 Å². The molecule has 0 saturated carbocycles. The number of nitrogens with zero attached hydrogens (tertiary/aromatic N) is 2. The van der Waals surface area contributed by atoms with E-state index in [0.29, 0.717) is 17.8 Å². The smallest absolute Gasteiger partial charge is 0.151 e. The second-order valence-electron chi connectivity index (χ2n) is 4.90. The second kappa shape index (κ2) is 3.53. The van der Waals surface area contributed by atoms with Crippen molar-refractivity contribution in [2.75, 3.05) is 0 Å². The van der Waals surface area contributed by atoms with Crippen LogP contribution in [-0.4, -0.2) is 14.7 Å². The summed E-state index contributed by atoms with van der Waals surface area (Å²) in [6, 6.07) is 3.68. The number of aliphatic hydroxyl groups is 1. The van der Waals surface area contributed by atoms with Crippen LogP contribution in [0, 0.1) is 12.7 Å². The molecule has 1 aromatic heterocycles. The molecule has 0 spiro atoms. The summed E-state index contributed by atoms with van der Waals surface area (Å²) >= 11 is 0. The first-order chi connectivity index (χ1) is 8.08. The average molecular weight is 234 g/mol. The monoisotopic (exact) mass is 234 g/mol. The van der Waals surface area contributed by atoms with Gasteiger partial charge in [0.1, 0.15) is 17.4 Å². The lowest BCUT2D eigenvalue weighted by atomic mass is 10.0. The van der Waals surface area contributed by atoms with Crippen LogP contribution in [0.1, 0.15) is 43.3 Å². The molecule has 1 aliphatic heterocycles. The highest BCUT2D eigenvalue weighted by atomic mass is 19.1. The highest BCUT2D eigenvalue weighted by Crippen LogP contribution is 2.35. The third-order valence-electron chi connectivity index (χ3n) is 3.52. The Hall–Kier alpha value is -1.42. The van der Waals surface area contributed by atoms with Gasteiger partial charge in [-0.3, -0.25) is 0 Å². The number of aromatic nitrogens is 2. The average Bonchev–Trinajstić information content (AvgIpc) is 2.64. The molecule has 90 valence electrons. The Bertz CT molecular complexity index is 591. The minimum atomic E-state index is -0.571. The van der Waals surface area contributed by atoms with Gasteiger partial charge in [0.05, 0.1) is 5.52 Å². The third kappa shape index (κ3) is 1.47. The quantitative estimate of drug-likeness (QED) is 0.761. The van der Waals surface area contributed by atoms with Crippen LogP contribution in [0.4, 0.5) is 4.39 Å². The molecule has 0 radical (unpaired) electrons. The van der Waals surface area contributed by atoms with Gasteiger partial charge >= 0.3 is 0 Å². The van der Waals surface area contributed by atoms with Crippen molar-refractivity contribution >= 4 is 11.0 Å². The van der Waals surface area contributed by atoms with Gasteiger partial charge in [0, 0.05) is 6.04 Å². The van der Waals surface area contributed by atoms with Gasteiger partial charge in [0.25, 0.3) is 0 Å². The van der Waals surface area contributed by atoms with Crippen LogP contribution in [0.15, 0.2) is 12.1 Å². The van der Waals surface area contributed by atoms with Crippen molar-refractivity contribution in [2.24, 2.45) is 0 Å². The fraction of sp³-hybridized carbons (Fsp3) is 0.462. The molecule has 0 saturated heterocycles. The minimum absolute atomic E-state index is 0.264. The number of hydrogen-bond donors (Lipinski definition) is 1. The summed E-state index contributed by atoms with van der Waals surface area (Å²) in [6.07, 6.45) is 1.03. The summed E-state index contributed by atoms with van der Waals surface area (Å²) in [4.78, 5) is 4.26. The molecule has 2 unspecified atom stereocenters. The number of fused-ring (bicyclic) bond motifs is 3. The lowest BCUT2D eigenvalue weighted by Crippen LogP contribution is -2.19. The van der Waals surface area contributed by atoms with E-state index in [9.17, 15) is 9.50 Å². The van der Waals surface area contributed by atoms with E-state index in [1.54, 1.807) is 0 Å². The number of aryl methyl sites for hydroxylation is 1. The number of imidazole rings is 1. The van der Waals surface area contributed by atoms with Gasteiger partial charge < -0.3 is 9.67 Å². The van der Waals surface area contributed by atoms with E-state index in [1.807, 2.05) is 17.6 Å². The molecular weight excluding hydrogens is 219 g/mol. The predicted molar refractivity (Wildman–Crippen MR) is 63.3 cm³/mol. The fourth-order valence-corrected chi connectivity index (χ4v) is 2.66. The Labute approximate surface area is 98.9 Å². The van der Waals surface area contributed by atoms with E-state index in [1.165, 1.54) is 6.07 Å². The van der Waals surface area contributed by atoms with Crippen LogP contribution < -0.4 is 0 Å². The number of benzene rings is 1. The van der Waals surface area contributed by atoms with Crippen LogP contribution in [0.2, 0.25) is 0 Å². The molecule has 0 amide bonds. The number of rotatable bonds is 0. The lowest BCUT2D eigenvalue weighted by molar-refractivity contribution is 0.125. The summed E-state index contributed by atoms with van der Waals surface area (Å²) in [6.45, 7) is 3.95. The maximum Gasteiger partial charge on any atom is 0.151 e. The van der Waals surface area contributed by atoms with E-state index >= 15 is 0 Å². The van der Waals surface area contributed by atoms with E-state index < -0.39 is 6.10 Å². The highest BCUT2D eigenvalue weighted by Gasteiger charge is 2.27. The molecule has 3 rings (SSSR count). The SMILES string of the molecule is Cc1cc(F)c2nc3n(c2c1)C(C)CCC3O. The normalized spacial score (nSPS) is 24.0. The van der Waals surface area contributed by atoms with Crippen LogP contribution in [0.5, 0.6) is 0 Å². The van der Waals surface area contributed by atoms with Crippen molar-refractivity contribution in [1.29, 1.82) is 0 Å². The first-order valence-corrected chi connectivity index (χ1v) is 5.94. The largest absolute Gasteiger partial charge is 0.385 e. The molecule has 2 heterocycles. The van der Waals surface area contributed by atoms with Gasteiger partial charge in [0.15, 0.2) is 5.82 Å². The summed E-state index contributed by atoms with van der Waals surface area (Å²) in [5.74, 6) is 0.296. The summed E-state index contributed by atoms with van der Waals surface area (Å²) in [5, 5.41) is 9.93. The van der Waals surface area contributed by atoms with E-state index in [2.05, 4.69) is 11.9 Å². The maximum absolute atomic E-state index is 13.8. The summed E-state index contributed by atoms with van der Waals surface area (Å²) < 4.78 is 15.8. The molecule has 0 aliphatic carbocycles. The van der Waals surface area contributed by atoms with Crippen LogP contribution in [0.25, 0.3) is 11.0 Å². The minimum Gasteiger partial charge on any atom is -0.385 e. The third-order valence-corrected chi connectivity index (χ3v) is 3.52. The summed E-state index contributed by atoms with van der Waals surface area (Å²) in [7, 11) is 0. The van der Waals surface area contributed by atoms with E-state index in [4.69, 9.17) is 0 Å². The highest BCUT2D eigenvalue weighted by molar-refractivity contribution is 5.78. The van der Waals surface area contributed by atoms with Crippen molar-refractivity contribution in [2.45, 2.75) is 38.8 Å². The van der Waals surface area contributed by atoms with Crippen molar-refractivity contribution < 1.29 is 9.50 Å². The van der Waals surface area contributed by atoms with Crippen LogP contribution in [-0.2, 0) is 0 Å². The fourth-order valence-electron chi connectivity index (χ4n) is 2.66. The zero-order valence-corrected chi connectivity index (χ0v) is 9.94. The number of hydrogen-bond acceptors (Lipinski definition) is 2. The lowest BCUT2D eigenvalue weighted by Gasteiger charge is -2.25. The van der Waals surface area contributed by atoms with Crippen molar-refractivity contribution in [3.8, 4) is 0 Å². The van der Waals surface area contributed by atoms with Gasteiger partial charge in [-0.2, -0.15) is 0 Å². The molecule has 3 nitrogen and oxygen atoms in total. The number of aliphatic hydroxyl groups excluding tert-OH is 1. The van der Waals surface area contributed by atoms with Gasteiger partial charge in [0.2, 0.25) is 0 Å². The molecule has 2 aromatic rings. The first-order valence-electron chi connectivity index (χ1n) is 5.94. The van der Waals surface area contributed by atoms with Crippen LogP contribution in [0.3, 0.4) is 0 Å². The Morgan fingerprint density at radius 2 is 2.18 bits per heavy atom. The molecule has 17 heavy (non-hydrogen) atoms. The Morgan fingerprint density at radius 3 is 2.94 bits per heavy atom. The van der Waals surface area contributed by atoms with E-state index in [-0.39, 0.29) is 11.9 Å². The zero-order valence-electron chi connectivity index (χ0n) is 9.94. The van der Waals surface area contributed by atoms with Crippen molar-refractivity contribution in [3.63, 3.8) is 0 Å². The molecule has 1 N–H and O–H groups in total. The van der Waals surface area contributed by atoms with Gasteiger partial charge in [-0.15, -0.1) is 0 Å². The molecule has 0 fully saturated rings. The molecular formula is C13H15FN2O. The Kier molecular flexibility index (Phi) is 2.23. The summed E-state index contributed by atoms with van der Waals surface area (Å²) in [5.41, 5.74) is 2.05. The van der Waals surface area contributed by atoms with Crippen LogP contribution >= 0.6 is 0 Å². The molecule has 1 aliphatic rings. The number of halogens is 1. The topological polar surface area (TPSA) is 38.0 Å². The zero-order chi connectivity index (χ0) is 12.2. The predicted octanol–water partition coefficient (Wildman–Crippen LogP) is 2.87. The first kappa shape index (κ1) is 10.7. The second-order valence-corrected chi connectivity index (χ2v) is 4.90. The van der Waals surface area contributed by atoms with Crippen molar-refractivity contribution in [1.82, 2.24) is 9.55 Å². The molecule has 0 bridgehead atoms. The Balaban J connectivity index is 2.38. The molecule has 2 atom stereocenters. The van der Waals surface area contributed by atoms with Gasteiger partial charge in [-0.25, -0.2) is 9.37 Å². The van der Waals surface area contributed by atoms with Gasteiger partial charge in [-0.05, 0) is 44.4 Å². The van der Waals surface area contributed by atoms with Gasteiger partial charge in [-0.1, -0.05) is 0 Å². The van der Waals surface area contributed by atoms with Crippen molar-refractivity contribution in [3.05, 3.63) is 29.3 Å².